The molecule has 2 N–H and O–H groups in total. The highest BCUT2D eigenvalue weighted by molar-refractivity contribution is 6.33. The van der Waals surface area contributed by atoms with E-state index in [2.05, 4.69) is 10.6 Å². The molecule has 1 aromatic carbocycles. The lowest BCUT2D eigenvalue weighted by atomic mass is 10.1. The highest BCUT2D eigenvalue weighted by Crippen LogP contribution is 2.30. The topological polar surface area (TPSA) is 84.3 Å². The van der Waals surface area contributed by atoms with Gasteiger partial charge in [-0.15, -0.1) is 0 Å². The van der Waals surface area contributed by atoms with Crippen molar-refractivity contribution in [3.63, 3.8) is 0 Å². The summed E-state index contributed by atoms with van der Waals surface area (Å²) >= 11 is 5.83. The van der Waals surface area contributed by atoms with Gasteiger partial charge in [0.05, 0.1) is 4.92 Å². The average molecular weight is 300 g/mol. The third-order valence-corrected chi connectivity index (χ3v) is 3.11. The maximum atomic E-state index is 11.9. The molecule has 0 aliphatic heterocycles. The van der Waals surface area contributed by atoms with Gasteiger partial charge in [0, 0.05) is 24.2 Å². The Bertz CT molecular complexity index is 520. The lowest BCUT2D eigenvalue weighted by Crippen LogP contribution is -2.30. The first-order valence-electron chi connectivity index (χ1n) is 6.33. The monoisotopic (exact) mass is 299 g/mol. The van der Waals surface area contributed by atoms with Crippen LogP contribution < -0.4 is 10.6 Å². The van der Waals surface area contributed by atoms with Crippen LogP contribution in [0.15, 0.2) is 12.1 Å². The van der Waals surface area contributed by atoms with Crippen LogP contribution in [-0.4, -0.2) is 23.4 Å². The summed E-state index contributed by atoms with van der Waals surface area (Å²) in [5.74, 6) is -0.161. The van der Waals surface area contributed by atoms with Crippen LogP contribution >= 0.6 is 11.6 Å². The number of carbonyl (C=O) groups excluding carboxylic acids is 1. The molecule has 7 heteroatoms. The molecule has 1 unspecified atom stereocenters. The number of carbonyl (C=O) groups is 1. The second-order valence-electron chi connectivity index (χ2n) is 4.59. The summed E-state index contributed by atoms with van der Waals surface area (Å²) in [7, 11) is 0. The molecule has 0 aliphatic carbocycles. The molecule has 0 fully saturated rings. The fraction of sp³-hybridized carbons (Fsp3) is 0.462. The molecule has 0 bridgehead atoms. The number of hydrogen-bond donors (Lipinski definition) is 2. The Morgan fingerprint density at radius 3 is 2.70 bits per heavy atom. The van der Waals surface area contributed by atoms with E-state index in [1.54, 1.807) is 6.92 Å². The minimum atomic E-state index is -0.547. The fourth-order valence-electron chi connectivity index (χ4n) is 1.84. The number of benzene rings is 1. The van der Waals surface area contributed by atoms with Crippen molar-refractivity contribution in [2.24, 2.45) is 0 Å². The molecule has 0 aromatic heterocycles. The van der Waals surface area contributed by atoms with Crippen LogP contribution in [0.2, 0.25) is 5.02 Å². The number of aryl methyl sites for hydroxylation is 1. The van der Waals surface area contributed by atoms with Gasteiger partial charge in [-0.2, -0.15) is 0 Å². The Kier molecular flexibility index (Phi) is 5.91. The first-order valence-corrected chi connectivity index (χ1v) is 6.70. The third kappa shape index (κ3) is 4.47. The number of nitrogens with one attached hydrogen (secondary N) is 2. The minimum absolute atomic E-state index is 0.00984. The molecule has 20 heavy (non-hydrogen) atoms. The number of nitro benzene ring substituents is 1. The van der Waals surface area contributed by atoms with Gasteiger partial charge >= 0.3 is 0 Å². The predicted molar refractivity (Wildman–Crippen MR) is 79.2 cm³/mol. The van der Waals surface area contributed by atoms with Crippen molar-refractivity contribution < 1.29 is 9.72 Å². The van der Waals surface area contributed by atoms with Gasteiger partial charge < -0.3 is 10.6 Å². The molecule has 110 valence electrons. The van der Waals surface area contributed by atoms with E-state index < -0.39 is 4.92 Å². The highest BCUT2D eigenvalue weighted by Gasteiger charge is 2.16. The van der Waals surface area contributed by atoms with Gasteiger partial charge in [0.15, 0.2) is 0 Å². The Morgan fingerprint density at radius 2 is 2.15 bits per heavy atom. The van der Waals surface area contributed by atoms with E-state index in [0.717, 1.165) is 6.54 Å². The number of hydrogen-bond acceptors (Lipinski definition) is 4. The van der Waals surface area contributed by atoms with Crippen molar-refractivity contribution >= 4 is 28.9 Å². The standard InChI is InChI=1S/C13H18ClN3O3/c1-4-15-9(3)6-13(18)16-11-7-10(14)12(17(19)20)5-8(11)2/h5,7,9,15H,4,6H2,1-3H3,(H,16,18). The van der Waals surface area contributed by atoms with E-state index in [0.29, 0.717) is 17.7 Å². The number of halogens is 1. The zero-order chi connectivity index (χ0) is 15.3. The lowest BCUT2D eigenvalue weighted by Gasteiger charge is -2.13. The van der Waals surface area contributed by atoms with Crippen LogP contribution in [-0.2, 0) is 4.79 Å². The summed E-state index contributed by atoms with van der Waals surface area (Å²) < 4.78 is 0. The largest absolute Gasteiger partial charge is 0.326 e. The number of rotatable bonds is 6. The smallest absolute Gasteiger partial charge is 0.288 e. The Hall–Kier alpha value is -1.66. The summed E-state index contributed by atoms with van der Waals surface area (Å²) in [6.45, 7) is 6.36. The minimum Gasteiger partial charge on any atom is -0.326 e. The van der Waals surface area contributed by atoms with Crippen LogP contribution in [0.25, 0.3) is 0 Å². The van der Waals surface area contributed by atoms with Crippen molar-refractivity contribution in [2.45, 2.75) is 33.2 Å². The predicted octanol–water partition coefficient (Wildman–Crippen LogP) is 2.88. The number of nitrogens with zero attached hydrogens (tertiary/aromatic N) is 1. The van der Waals surface area contributed by atoms with Gasteiger partial charge in [0.1, 0.15) is 5.02 Å². The molecule has 1 rings (SSSR count). The van der Waals surface area contributed by atoms with Crippen molar-refractivity contribution in [1.29, 1.82) is 0 Å². The quantitative estimate of drug-likeness (QED) is 0.625. The Labute approximate surface area is 122 Å². The molecule has 1 atom stereocenters. The van der Waals surface area contributed by atoms with Crippen molar-refractivity contribution in [3.05, 3.63) is 32.8 Å². The molecule has 0 spiro atoms. The summed E-state index contributed by atoms with van der Waals surface area (Å²) in [6.07, 6.45) is 0.321. The fourth-order valence-corrected chi connectivity index (χ4v) is 2.07. The lowest BCUT2D eigenvalue weighted by molar-refractivity contribution is -0.384. The van der Waals surface area contributed by atoms with E-state index in [9.17, 15) is 14.9 Å². The number of anilines is 1. The van der Waals surface area contributed by atoms with Crippen molar-refractivity contribution in [3.8, 4) is 0 Å². The van der Waals surface area contributed by atoms with Gasteiger partial charge in [-0.1, -0.05) is 18.5 Å². The Morgan fingerprint density at radius 1 is 1.50 bits per heavy atom. The van der Waals surface area contributed by atoms with Crippen LogP contribution in [0.4, 0.5) is 11.4 Å². The normalized spacial score (nSPS) is 12.0. The molecule has 0 saturated heterocycles. The van der Waals surface area contributed by atoms with Crippen LogP contribution in [0.1, 0.15) is 25.8 Å². The second kappa shape index (κ2) is 7.21. The van der Waals surface area contributed by atoms with Gasteiger partial charge in [-0.25, -0.2) is 0 Å². The maximum Gasteiger partial charge on any atom is 0.288 e. The van der Waals surface area contributed by atoms with Crippen molar-refractivity contribution in [2.75, 3.05) is 11.9 Å². The maximum absolute atomic E-state index is 11.9. The number of amides is 1. The van der Waals surface area contributed by atoms with E-state index >= 15 is 0 Å². The molecule has 0 aliphatic rings. The first-order chi connectivity index (χ1) is 9.35. The van der Waals surface area contributed by atoms with Crippen LogP contribution in [0.3, 0.4) is 0 Å². The van der Waals surface area contributed by atoms with E-state index in [1.165, 1.54) is 12.1 Å². The second-order valence-corrected chi connectivity index (χ2v) is 4.99. The third-order valence-electron chi connectivity index (χ3n) is 2.81. The van der Waals surface area contributed by atoms with Gasteiger partial charge in [-0.3, -0.25) is 14.9 Å². The zero-order valence-electron chi connectivity index (χ0n) is 11.7. The summed E-state index contributed by atoms with van der Waals surface area (Å²) in [6, 6.07) is 2.82. The molecule has 1 aromatic rings. The molecular formula is C13H18ClN3O3. The molecule has 0 radical (unpaired) electrons. The summed E-state index contributed by atoms with van der Waals surface area (Å²) in [5.41, 5.74) is 0.933. The summed E-state index contributed by atoms with van der Waals surface area (Å²) in [5, 5.41) is 16.6. The van der Waals surface area contributed by atoms with Crippen LogP contribution in [0, 0.1) is 17.0 Å². The molecule has 1 amide bonds. The van der Waals surface area contributed by atoms with Gasteiger partial charge in [0.2, 0.25) is 5.91 Å². The van der Waals surface area contributed by atoms with E-state index in [1.807, 2.05) is 13.8 Å². The molecule has 6 nitrogen and oxygen atoms in total. The average Bonchev–Trinajstić information content (AvgIpc) is 2.33. The molecule has 0 saturated carbocycles. The molecule has 0 heterocycles. The number of nitro groups is 1. The van der Waals surface area contributed by atoms with Gasteiger partial charge in [-0.05, 0) is 32.0 Å². The summed E-state index contributed by atoms with van der Waals surface area (Å²) in [4.78, 5) is 22.1. The van der Waals surface area contributed by atoms with Crippen molar-refractivity contribution in [1.82, 2.24) is 5.32 Å². The first kappa shape index (κ1) is 16.4. The SMILES string of the molecule is CCNC(C)CC(=O)Nc1cc(Cl)c([N+](=O)[O-])cc1C. The van der Waals surface area contributed by atoms with Crippen LogP contribution in [0.5, 0.6) is 0 Å². The zero-order valence-corrected chi connectivity index (χ0v) is 12.5. The Balaban J connectivity index is 2.80. The highest BCUT2D eigenvalue weighted by atomic mass is 35.5. The van der Waals surface area contributed by atoms with Gasteiger partial charge in [0.25, 0.3) is 5.69 Å². The van der Waals surface area contributed by atoms with E-state index in [4.69, 9.17) is 11.6 Å². The molecular weight excluding hydrogens is 282 g/mol. The van der Waals surface area contributed by atoms with E-state index in [-0.39, 0.29) is 22.7 Å².